The Hall–Kier alpha value is -2.85. The van der Waals surface area contributed by atoms with Gasteiger partial charge in [0.2, 0.25) is 15.9 Å². The zero-order chi connectivity index (χ0) is 24.2. The summed E-state index contributed by atoms with van der Waals surface area (Å²) >= 11 is 1.27. The quantitative estimate of drug-likeness (QED) is 0.460. The molecule has 8 nitrogen and oxygen atoms in total. The number of thioether (sulfide) groups is 1. The van der Waals surface area contributed by atoms with Crippen LogP contribution in [0.4, 0.5) is 11.4 Å². The van der Waals surface area contributed by atoms with Crippen LogP contribution in [0.2, 0.25) is 0 Å². The maximum absolute atomic E-state index is 12.5. The molecule has 0 unspecified atom stereocenters. The van der Waals surface area contributed by atoms with Crippen molar-refractivity contribution in [1.82, 2.24) is 14.8 Å². The number of hydrogen-bond donors (Lipinski definition) is 1. The highest BCUT2D eigenvalue weighted by atomic mass is 32.2. The summed E-state index contributed by atoms with van der Waals surface area (Å²) in [4.78, 5) is 12.4. The van der Waals surface area contributed by atoms with E-state index in [0.29, 0.717) is 23.2 Å². The lowest BCUT2D eigenvalue weighted by Crippen LogP contribution is -2.30. The molecule has 0 fully saturated rings. The summed E-state index contributed by atoms with van der Waals surface area (Å²) in [5, 5.41) is 11.9. The average molecular weight is 488 g/mol. The lowest BCUT2D eigenvalue weighted by Gasteiger charge is -2.22. The van der Waals surface area contributed by atoms with Crippen molar-refractivity contribution in [1.29, 1.82) is 0 Å². The second-order valence-electron chi connectivity index (χ2n) is 7.88. The first-order valence-electron chi connectivity index (χ1n) is 10.5. The Bertz CT molecular complexity index is 1240. The Labute approximate surface area is 199 Å². The topological polar surface area (TPSA) is 97.2 Å². The van der Waals surface area contributed by atoms with Gasteiger partial charge in [-0.1, -0.05) is 35.5 Å². The van der Waals surface area contributed by atoms with Crippen LogP contribution in [0, 0.1) is 20.8 Å². The van der Waals surface area contributed by atoms with Gasteiger partial charge in [0.1, 0.15) is 0 Å². The zero-order valence-corrected chi connectivity index (χ0v) is 21.1. The summed E-state index contributed by atoms with van der Waals surface area (Å²) in [5.41, 5.74) is 4.64. The molecule has 0 saturated carbocycles. The molecule has 33 heavy (non-hydrogen) atoms. The van der Waals surface area contributed by atoms with Gasteiger partial charge >= 0.3 is 0 Å². The molecule has 0 aliphatic rings. The van der Waals surface area contributed by atoms with Gasteiger partial charge in [0.15, 0.2) is 11.0 Å². The van der Waals surface area contributed by atoms with E-state index in [1.165, 1.54) is 27.9 Å². The number of carbonyl (C=O) groups is 1. The van der Waals surface area contributed by atoms with Gasteiger partial charge in [-0.05, 0) is 63.1 Å². The Morgan fingerprint density at radius 1 is 1.06 bits per heavy atom. The largest absolute Gasteiger partial charge is 0.325 e. The van der Waals surface area contributed by atoms with Crippen LogP contribution in [0.15, 0.2) is 47.6 Å². The molecule has 176 valence electrons. The molecule has 0 atom stereocenters. The standard InChI is InChI=1S/C23H29N5O3S2/c1-6-27-21(14-28(33(5,30)31)20-11-7-16(2)8-12-20)25-26-23(27)32-15-22(29)24-19-10-9-17(3)18(4)13-19/h7-13H,6,14-15H2,1-5H3,(H,24,29). The molecule has 0 spiro atoms. The number of benzene rings is 2. The van der Waals surface area contributed by atoms with Gasteiger partial charge < -0.3 is 9.88 Å². The normalized spacial score (nSPS) is 11.4. The minimum atomic E-state index is -3.53. The van der Waals surface area contributed by atoms with Crippen LogP contribution in [-0.2, 0) is 27.9 Å². The maximum atomic E-state index is 12.5. The Balaban J connectivity index is 1.72. The van der Waals surface area contributed by atoms with Crippen molar-refractivity contribution in [2.75, 3.05) is 21.6 Å². The molecule has 3 rings (SSSR count). The fourth-order valence-corrected chi connectivity index (χ4v) is 4.92. The van der Waals surface area contributed by atoms with Crippen LogP contribution in [0.25, 0.3) is 0 Å². The van der Waals surface area contributed by atoms with Crippen LogP contribution in [0.1, 0.15) is 29.4 Å². The summed E-state index contributed by atoms with van der Waals surface area (Å²) < 4.78 is 28.1. The Morgan fingerprint density at radius 3 is 2.36 bits per heavy atom. The van der Waals surface area contributed by atoms with E-state index in [1.807, 2.05) is 62.6 Å². The monoisotopic (exact) mass is 487 g/mol. The molecule has 3 aromatic rings. The molecular weight excluding hydrogens is 458 g/mol. The molecule has 0 aliphatic carbocycles. The first-order chi connectivity index (χ1) is 15.6. The van der Waals surface area contributed by atoms with E-state index in [4.69, 9.17) is 0 Å². The van der Waals surface area contributed by atoms with E-state index >= 15 is 0 Å². The van der Waals surface area contributed by atoms with E-state index in [1.54, 1.807) is 12.1 Å². The number of aryl methyl sites for hydroxylation is 3. The number of aromatic nitrogens is 3. The number of rotatable bonds is 9. The van der Waals surface area contributed by atoms with Crippen molar-refractivity contribution in [3.8, 4) is 0 Å². The minimum Gasteiger partial charge on any atom is -0.325 e. The molecule has 0 aliphatic heterocycles. The molecule has 1 aromatic heterocycles. The van der Waals surface area contributed by atoms with Crippen molar-refractivity contribution in [3.05, 3.63) is 65.0 Å². The Morgan fingerprint density at radius 2 is 1.76 bits per heavy atom. The van der Waals surface area contributed by atoms with E-state index in [0.717, 1.165) is 16.8 Å². The number of nitrogens with zero attached hydrogens (tertiary/aromatic N) is 4. The van der Waals surface area contributed by atoms with Crippen LogP contribution < -0.4 is 9.62 Å². The lowest BCUT2D eigenvalue weighted by atomic mass is 10.1. The van der Waals surface area contributed by atoms with Crippen molar-refractivity contribution < 1.29 is 13.2 Å². The van der Waals surface area contributed by atoms with Crippen molar-refractivity contribution in [2.24, 2.45) is 0 Å². The number of amides is 1. The molecule has 0 bridgehead atoms. The first-order valence-corrected chi connectivity index (χ1v) is 13.4. The molecule has 1 N–H and O–H groups in total. The van der Waals surface area contributed by atoms with Gasteiger partial charge in [0, 0.05) is 12.2 Å². The third-order valence-corrected chi connectivity index (χ3v) is 7.35. The number of nitrogens with one attached hydrogen (secondary N) is 1. The van der Waals surface area contributed by atoms with Gasteiger partial charge in [-0.3, -0.25) is 9.10 Å². The summed E-state index contributed by atoms with van der Waals surface area (Å²) in [7, 11) is -3.53. The smallest absolute Gasteiger partial charge is 0.234 e. The molecular formula is C23H29N5O3S2. The third kappa shape index (κ3) is 6.35. The van der Waals surface area contributed by atoms with Gasteiger partial charge in [0.25, 0.3) is 0 Å². The molecule has 1 heterocycles. The van der Waals surface area contributed by atoms with E-state index < -0.39 is 10.0 Å². The first kappa shape index (κ1) is 24.8. The lowest BCUT2D eigenvalue weighted by molar-refractivity contribution is -0.113. The predicted octanol–water partition coefficient (Wildman–Crippen LogP) is 3.92. The van der Waals surface area contributed by atoms with Crippen LogP contribution in [0.5, 0.6) is 0 Å². The van der Waals surface area contributed by atoms with Gasteiger partial charge in [0.05, 0.1) is 24.2 Å². The number of sulfonamides is 1. The molecule has 10 heteroatoms. The van der Waals surface area contributed by atoms with Crippen LogP contribution in [0.3, 0.4) is 0 Å². The highest BCUT2D eigenvalue weighted by Gasteiger charge is 2.22. The second-order valence-corrected chi connectivity index (χ2v) is 10.7. The molecule has 0 saturated heterocycles. The van der Waals surface area contributed by atoms with Crippen LogP contribution >= 0.6 is 11.8 Å². The summed E-state index contributed by atoms with van der Waals surface area (Å²) in [6.45, 7) is 8.51. The van der Waals surface area contributed by atoms with Gasteiger partial charge in [-0.2, -0.15) is 0 Å². The highest BCUT2D eigenvalue weighted by molar-refractivity contribution is 7.99. The molecule has 1 amide bonds. The number of hydrogen-bond acceptors (Lipinski definition) is 6. The Kier molecular flexibility index (Phi) is 7.80. The molecule has 0 radical (unpaired) electrons. The van der Waals surface area contributed by atoms with Crippen molar-refractivity contribution in [2.45, 2.75) is 45.9 Å². The predicted molar refractivity (Wildman–Crippen MR) is 133 cm³/mol. The van der Waals surface area contributed by atoms with Crippen LogP contribution in [-0.4, -0.2) is 41.1 Å². The van der Waals surface area contributed by atoms with Gasteiger partial charge in [-0.15, -0.1) is 10.2 Å². The number of carbonyl (C=O) groups excluding carboxylic acids is 1. The molecule has 2 aromatic carbocycles. The fourth-order valence-electron chi connectivity index (χ4n) is 3.25. The second kappa shape index (κ2) is 10.4. The zero-order valence-electron chi connectivity index (χ0n) is 19.5. The van der Waals surface area contributed by atoms with Gasteiger partial charge in [-0.25, -0.2) is 8.42 Å². The third-order valence-electron chi connectivity index (χ3n) is 5.24. The minimum absolute atomic E-state index is 0.0537. The van der Waals surface area contributed by atoms with E-state index in [2.05, 4.69) is 15.5 Å². The fraction of sp³-hybridized carbons (Fsp3) is 0.348. The van der Waals surface area contributed by atoms with Crippen molar-refractivity contribution >= 4 is 39.1 Å². The SMILES string of the molecule is CCn1c(CN(c2ccc(C)cc2)S(C)(=O)=O)nnc1SCC(=O)Nc1ccc(C)c(C)c1. The van der Waals surface area contributed by atoms with Crippen molar-refractivity contribution in [3.63, 3.8) is 0 Å². The number of anilines is 2. The maximum Gasteiger partial charge on any atom is 0.234 e. The van der Waals surface area contributed by atoms with E-state index in [9.17, 15) is 13.2 Å². The average Bonchev–Trinajstić information content (AvgIpc) is 3.15. The summed E-state index contributed by atoms with van der Waals surface area (Å²) in [5.74, 6) is 0.534. The highest BCUT2D eigenvalue weighted by Crippen LogP contribution is 2.23. The summed E-state index contributed by atoms with van der Waals surface area (Å²) in [6, 6.07) is 13.1. The van der Waals surface area contributed by atoms with E-state index in [-0.39, 0.29) is 18.2 Å². The summed E-state index contributed by atoms with van der Waals surface area (Å²) in [6.07, 6.45) is 1.17.